The van der Waals surface area contributed by atoms with Crippen LogP contribution in [-0.2, 0) is 9.84 Å². The molecule has 0 aliphatic heterocycles. The molecular formula is C10H22N2O3S. The van der Waals surface area contributed by atoms with Gasteiger partial charge in [-0.05, 0) is 20.3 Å². The Morgan fingerprint density at radius 3 is 2.25 bits per heavy atom. The number of amides is 2. The lowest BCUT2D eigenvalue weighted by Crippen LogP contribution is -2.47. The van der Waals surface area contributed by atoms with Gasteiger partial charge in [0.05, 0.1) is 4.75 Å². The molecule has 0 rings (SSSR count). The van der Waals surface area contributed by atoms with Gasteiger partial charge in [0.25, 0.3) is 0 Å². The van der Waals surface area contributed by atoms with Crippen molar-refractivity contribution in [3.8, 4) is 0 Å². The van der Waals surface area contributed by atoms with E-state index in [2.05, 4.69) is 10.6 Å². The van der Waals surface area contributed by atoms with Crippen LogP contribution in [0.1, 0.15) is 33.6 Å². The predicted octanol–water partition coefficient (Wildman–Crippen LogP) is 0.909. The zero-order chi connectivity index (χ0) is 12.8. The van der Waals surface area contributed by atoms with E-state index in [0.29, 0.717) is 6.54 Å². The third kappa shape index (κ3) is 5.34. The van der Waals surface area contributed by atoms with Crippen LogP contribution < -0.4 is 10.6 Å². The van der Waals surface area contributed by atoms with Gasteiger partial charge in [-0.1, -0.05) is 13.3 Å². The van der Waals surface area contributed by atoms with Gasteiger partial charge in [-0.15, -0.1) is 0 Å². The van der Waals surface area contributed by atoms with E-state index in [-0.39, 0.29) is 12.6 Å². The molecule has 0 spiro atoms. The average Bonchev–Trinajstić information content (AvgIpc) is 2.13. The van der Waals surface area contributed by atoms with Gasteiger partial charge >= 0.3 is 6.03 Å². The lowest BCUT2D eigenvalue weighted by Gasteiger charge is -2.22. The Morgan fingerprint density at radius 1 is 1.25 bits per heavy atom. The van der Waals surface area contributed by atoms with E-state index in [9.17, 15) is 13.2 Å². The predicted molar refractivity (Wildman–Crippen MR) is 65.2 cm³/mol. The van der Waals surface area contributed by atoms with Crippen LogP contribution in [0.25, 0.3) is 0 Å². The molecule has 2 amide bonds. The van der Waals surface area contributed by atoms with Gasteiger partial charge in [-0.25, -0.2) is 13.2 Å². The number of carbonyl (C=O) groups is 1. The number of nitrogens with one attached hydrogen (secondary N) is 2. The van der Waals surface area contributed by atoms with Gasteiger partial charge in [0, 0.05) is 19.3 Å². The first-order valence-corrected chi connectivity index (χ1v) is 7.31. The molecule has 0 aromatic heterocycles. The molecule has 0 fully saturated rings. The molecule has 0 unspecified atom stereocenters. The van der Waals surface area contributed by atoms with E-state index in [1.165, 1.54) is 6.26 Å². The number of carbonyl (C=O) groups excluding carboxylic acids is 1. The highest BCUT2D eigenvalue weighted by molar-refractivity contribution is 7.92. The number of hydrogen-bond acceptors (Lipinski definition) is 3. The van der Waals surface area contributed by atoms with E-state index < -0.39 is 14.6 Å². The normalized spacial score (nSPS) is 12.2. The molecule has 0 aliphatic carbocycles. The summed E-state index contributed by atoms with van der Waals surface area (Å²) in [6, 6.07) is -0.315. The monoisotopic (exact) mass is 250 g/mol. The standard InChI is InChI=1S/C10H22N2O3S/c1-5-6-7-11-9(13)12-8-10(2,3)16(4,14)15/h5-8H2,1-4H3,(H2,11,12,13). The number of rotatable bonds is 6. The van der Waals surface area contributed by atoms with Gasteiger partial charge < -0.3 is 10.6 Å². The molecule has 0 atom stereocenters. The summed E-state index contributed by atoms with van der Waals surface area (Å²) in [5.74, 6) is 0. The molecular weight excluding hydrogens is 228 g/mol. The highest BCUT2D eigenvalue weighted by Gasteiger charge is 2.30. The summed E-state index contributed by atoms with van der Waals surface area (Å²) in [7, 11) is -3.17. The van der Waals surface area contributed by atoms with E-state index >= 15 is 0 Å². The molecule has 0 aromatic rings. The van der Waals surface area contributed by atoms with Crippen molar-refractivity contribution in [2.45, 2.75) is 38.4 Å². The van der Waals surface area contributed by atoms with Crippen molar-refractivity contribution in [1.29, 1.82) is 0 Å². The second-order valence-electron chi connectivity index (χ2n) is 4.49. The molecule has 5 nitrogen and oxygen atoms in total. The number of urea groups is 1. The maximum Gasteiger partial charge on any atom is 0.314 e. The fourth-order valence-electron chi connectivity index (χ4n) is 0.865. The molecule has 0 bridgehead atoms. The SMILES string of the molecule is CCCCNC(=O)NCC(C)(C)S(C)(=O)=O. The molecule has 0 saturated heterocycles. The molecule has 0 aliphatic rings. The topological polar surface area (TPSA) is 75.3 Å². The maximum atomic E-state index is 11.4. The summed E-state index contributed by atoms with van der Waals surface area (Å²) in [4.78, 5) is 11.3. The quantitative estimate of drug-likeness (QED) is 0.688. The van der Waals surface area contributed by atoms with Gasteiger partial charge in [0.15, 0.2) is 9.84 Å². The van der Waals surface area contributed by atoms with E-state index in [4.69, 9.17) is 0 Å². The molecule has 0 aromatic carbocycles. The first-order chi connectivity index (χ1) is 7.20. The highest BCUT2D eigenvalue weighted by atomic mass is 32.2. The van der Waals surface area contributed by atoms with Crippen LogP contribution in [0, 0.1) is 0 Å². The average molecular weight is 250 g/mol. The Kier molecular flexibility index (Phi) is 5.78. The minimum atomic E-state index is -3.17. The lowest BCUT2D eigenvalue weighted by molar-refractivity contribution is 0.240. The highest BCUT2D eigenvalue weighted by Crippen LogP contribution is 2.12. The summed E-state index contributed by atoms with van der Waals surface area (Å²) in [5, 5.41) is 5.22. The van der Waals surface area contributed by atoms with Gasteiger partial charge in [0.2, 0.25) is 0 Å². The van der Waals surface area contributed by atoms with Gasteiger partial charge in [-0.3, -0.25) is 0 Å². The molecule has 2 N–H and O–H groups in total. The molecule has 0 radical (unpaired) electrons. The minimum Gasteiger partial charge on any atom is -0.338 e. The van der Waals surface area contributed by atoms with Crippen molar-refractivity contribution in [2.75, 3.05) is 19.3 Å². The smallest absolute Gasteiger partial charge is 0.314 e. The summed E-state index contributed by atoms with van der Waals surface area (Å²) in [6.07, 6.45) is 3.10. The first kappa shape index (κ1) is 15.2. The maximum absolute atomic E-state index is 11.4. The second kappa shape index (κ2) is 6.08. The van der Waals surface area contributed by atoms with Crippen LogP contribution in [0.3, 0.4) is 0 Å². The second-order valence-corrected chi connectivity index (χ2v) is 7.14. The first-order valence-electron chi connectivity index (χ1n) is 5.42. The lowest BCUT2D eigenvalue weighted by atomic mass is 10.2. The van der Waals surface area contributed by atoms with Crippen molar-refractivity contribution in [3.63, 3.8) is 0 Å². The third-order valence-electron chi connectivity index (χ3n) is 2.49. The van der Waals surface area contributed by atoms with Crippen molar-refractivity contribution >= 4 is 15.9 Å². The Labute approximate surface area is 97.9 Å². The fraction of sp³-hybridized carbons (Fsp3) is 0.900. The zero-order valence-electron chi connectivity index (χ0n) is 10.5. The van der Waals surface area contributed by atoms with Crippen molar-refractivity contribution < 1.29 is 13.2 Å². The van der Waals surface area contributed by atoms with Crippen molar-refractivity contribution in [1.82, 2.24) is 10.6 Å². The van der Waals surface area contributed by atoms with Crippen LogP contribution in [0.15, 0.2) is 0 Å². The molecule has 16 heavy (non-hydrogen) atoms. The minimum absolute atomic E-state index is 0.115. The van der Waals surface area contributed by atoms with Crippen LogP contribution >= 0.6 is 0 Å². The van der Waals surface area contributed by atoms with Crippen LogP contribution in [0.4, 0.5) is 4.79 Å². The Balaban J connectivity index is 4.01. The fourth-order valence-corrected chi connectivity index (χ4v) is 1.20. The van der Waals surface area contributed by atoms with Crippen molar-refractivity contribution in [2.24, 2.45) is 0 Å². The summed E-state index contributed by atoms with van der Waals surface area (Å²) >= 11 is 0. The van der Waals surface area contributed by atoms with Crippen LogP contribution in [-0.4, -0.2) is 38.5 Å². The summed E-state index contributed by atoms with van der Waals surface area (Å²) in [5.41, 5.74) is 0. The Bertz CT molecular complexity index is 323. The van der Waals surface area contributed by atoms with Gasteiger partial charge in [-0.2, -0.15) is 0 Å². The van der Waals surface area contributed by atoms with Crippen LogP contribution in [0.5, 0.6) is 0 Å². The Hall–Kier alpha value is -0.780. The summed E-state index contributed by atoms with van der Waals surface area (Å²) in [6.45, 7) is 5.95. The number of hydrogen-bond donors (Lipinski definition) is 2. The number of sulfone groups is 1. The largest absolute Gasteiger partial charge is 0.338 e. The summed E-state index contributed by atoms with van der Waals surface area (Å²) < 4.78 is 21.8. The zero-order valence-corrected chi connectivity index (χ0v) is 11.3. The van der Waals surface area contributed by atoms with E-state index in [1.54, 1.807) is 13.8 Å². The molecule has 0 heterocycles. The van der Waals surface area contributed by atoms with E-state index in [0.717, 1.165) is 12.8 Å². The van der Waals surface area contributed by atoms with Crippen molar-refractivity contribution in [3.05, 3.63) is 0 Å². The Morgan fingerprint density at radius 2 is 1.81 bits per heavy atom. The van der Waals surface area contributed by atoms with E-state index in [1.807, 2.05) is 6.92 Å². The third-order valence-corrected chi connectivity index (χ3v) is 4.65. The molecule has 6 heteroatoms. The molecule has 96 valence electrons. The van der Waals surface area contributed by atoms with Crippen LogP contribution in [0.2, 0.25) is 0 Å². The number of unbranched alkanes of at least 4 members (excludes halogenated alkanes) is 1. The molecule has 0 saturated carbocycles. The van der Waals surface area contributed by atoms with Gasteiger partial charge in [0.1, 0.15) is 0 Å².